The van der Waals surface area contributed by atoms with E-state index in [1.807, 2.05) is 48.0 Å². The third kappa shape index (κ3) is 5.23. The Bertz CT molecular complexity index is 1150. The molecule has 0 radical (unpaired) electrons. The molecule has 0 fully saturated rings. The molecule has 0 aliphatic rings. The van der Waals surface area contributed by atoms with Crippen molar-refractivity contribution in [2.75, 3.05) is 11.1 Å². The molecule has 0 aliphatic carbocycles. The fourth-order valence-electron chi connectivity index (χ4n) is 2.90. The lowest BCUT2D eigenvalue weighted by Crippen LogP contribution is -2.14. The number of thioether (sulfide) groups is 1. The van der Waals surface area contributed by atoms with E-state index >= 15 is 0 Å². The first-order valence-electron chi connectivity index (χ1n) is 9.89. The summed E-state index contributed by atoms with van der Waals surface area (Å²) in [7, 11) is 1.87. The van der Waals surface area contributed by atoms with Crippen LogP contribution in [0.4, 0.5) is 5.13 Å². The van der Waals surface area contributed by atoms with Crippen LogP contribution in [0, 0.1) is 0 Å². The van der Waals surface area contributed by atoms with E-state index in [2.05, 4.69) is 46.5 Å². The highest BCUT2D eigenvalue weighted by atomic mass is 32.2. The van der Waals surface area contributed by atoms with Crippen LogP contribution in [-0.4, -0.2) is 31.4 Å². The van der Waals surface area contributed by atoms with Crippen LogP contribution in [-0.2, 0) is 18.4 Å². The summed E-state index contributed by atoms with van der Waals surface area (Å²) in [4.78, 5) is 16.7. The maximum atomic E-state index is 12.3. The van der Waals surface area contributed by atoms with Crippen molar-refractivity contribution in [1.29, 1.82) is 0 Å². The molecule has 1 amide bonds. The predicted molar refractivity (Wildman–Crippen MR) is 125 cm³/mol. The fraction of sp³-hybridized carbons (Fsp3) is 0.273. The zero-order valence-electron chi connectivity index (χ0n) is 17.5. The van der Waals surface area contributed by atoms with Crippen LogP contribution in [0.3, 0.4) is 0 Å². The molecule has 2 heterocycles. The number of carbonyl (C=O) groups excluding carboxylic acids is 1. The average Bonchev–Trinajstić information content (AvgIpc) is 3.33. The molecule has 0 aliphatic heterocycles. The number of aromatic nitrogens is 4. The van der Waals surface area contributed by atoms with E-state index in [1.165, 1.54) is 28.7 Å². The number of rotatable bonds is 8. The standard InChI is InChI=1S/C22H23N5O2S2/c1-14(2)15-8-10-16(11-9-15)29-12-19-25-26-22(27(19)3)30-13-20(28)24-21-23-17-6-4-5-7-18(17)31-21/h4-11,14H,12-13H2,1-3H3,(H,23,24,28). The summed E-state index contributed by atoms with van der Waals surface area (Å²) in [5.74, 6) is 2.06. The quantitative estimate of drug-likeness (QED) is 0.384. The van der Waals surface area contributed by atoms with Gasteiger partial charge in [-0.15, -0.1) is 10.2 Å². The minimum Gasteiger partial charge on any atom is -0.486 e. The van der Waals surface area contributed by atoms with Gasteiger partial charge in [0.15, 0.2) is 16.1 Å². The molecule has 0 spiro atoms. The Balaban J connectivity index is 1.30. The fourth-order valence-corrected chi connectivity index (χ4v) is 4.52. The number of hydrogen-bond donors (Lipinski definition) is 1. The van der Waals surface area contributed by atoms with Crippen LogP contribution in [0.1, 0.15) is 31.2 Å². The van der Waals surface area contributed by atoms with Crippen molar-refractivity contribution >= 4 is 44.4 Å². The maximum Gasteiger partial charge on any atom is 0.236 e. The molecule has 0 bridgehead atoms. The van der Waals surface area contributed by atoms with Crippen molar-refractivity contribution in [2.24, 2.45) is 7.05 Å². The highest BCUT2D eigenvalue weighted by Crippen LogP contribution is 2.26. The van der Waals surface area contributed by atoms with Gasteiger partial charge in [-0.25, -0.2) is 4.98 Å². The summed E-state index contributed by atoms with van der Waals surface area (Å²) in [5, 5.41) is 12.5. The average molecular weight is 454 g/mol. The van der Waals surface area contributed by atoms with Crippen LogP contribution in [0.15, 0.2) is 53.7 Å². The minimum atomic E-state index is -0.130. The van der Waals surface area contributed by atoms with Gasteiger partial charge in [-0.1, -0.05) is 61.2 Å². The Morgan fingerprint density at radius 1 is 1.16 bits per heavy atom. The SMILES string of the molecule is CC(C)c1ccc(OCc2nnc(SCC(=O)Nc3nc4ccccc4s3)n2C)cc1. The van der Waals surface area contributed by atoms with Crippen LogP contribution >= 0.6 is 23.1 Å². The second-order valence-corrected chi connectivity index (χ2v) is 9.27. The summed E-state index contributed by atoms with van der Waals surface area (Å²) in [6, 6.07) is 15.9. The number of hydrogen-bond acceptors (Lipinski definition) is 7. The zero-order chi connectivity index (χ0) is 21.8. The van der Waals surface area contributed by atoms with E-state index < -0.39 is 0 Å². The van der Waals surface area contributed by atoms with Crippen molar-refractivity contribution in [3.8, 4) is 5.75 Å². The van der Waals surface area contributed by atoms with Gasteiger partial charge in [0.25, 0.3) is 0 Å². The van der Waals surface area contributed by atoms with Gasteiger partial charge in [0.1, 0.15) is 12.4 Å². The molecule has 160 valence electrons. The molecule has 4 rings (SSSR count). The van der Waals surface area contributed by atoms with Gasteiger partial charge in [-0.05, 0) is 35.7 Å². The van der Waals surface area contributed by atoms with Crippen LogP contribution < -0.4 is 10.1 Å². The van der Waals surface area contributed by atoms with E-state index in [0.717, 1.165) is 16.0 Å². The van der Waals surface area contributed by atoms with Crippen molar-refractivity contribution in [3.05, 3.63) is 59.9 Å². The van der Waals surface area contributed by atoms with Gasteiger partial charge >= 0.3 is 0 Å². The molecular formula is C22H23N5O2S2. The van der Waals surface area contributed by atoms with E-state index in [0.29, 0.717) is 28.6 Å². The van der Waals surface area contributed by atoms with Crippen molar-refractivity contribution < 1.29 is 9.53 Å². The second kappa shape index (κ2) is 9.49. The second-order valence-electron chi connectivity index (χ2n) is 7.29. The van der Waals surface area contributed by atoms with Crippen molar-refractivity contribution in [1.82, 2.24) is 19.7 Å². The topological polar surface area (TPSA) is 81.9 Å². The first-order chi connectivity index (χ1) is 15.0. The summed E-state index contributed by atoms with van der Waals surface area (Å²) in [5.41, 5.74) is 2.15. The molecule has 7 nitrogen and oxygen atoms in total. The number of nitrogens with one attached hydrogen (secondary N) is 1. The summed E-state index contributed by atoms with van der Waals surface area (Å²) < 4.78 is 8.72. The van der Waals surface area contributed by atoms with Gasteiger partial charge in [0.05, 0.1) is 16.0 Å². The van der Waals surface area contributed by atoms with Crippen LogP contribution in [0.2, 0.25) is 0 Å². The molecule has 9 heteroatoms. The first-order valence-corrected chi connectivity index (χ1v) is 11.7. The number of benzene rings is 2. The highest BCUT2D eigenvalue weighted by Gasteiger charge is 2.13. The minimum absolute atomic E-state index is 0.130. The number of amides is 1. The smallest absolute Gasteiger partial charge is 0.236 e. The van der Waals surface area contributed by atoms with Crippen LogP contribution in [0.5, 0.6) is 5.75 Å². The number of anilines is 1. The maximum absolute atomic E-state index is 12.3. The van der Waals surface area contributed by atoms with Gasteiger partial charge in [-0.2, -0.15) is 0 Å². The van der Waals surface area contributed by atoms with Gasteiger partial charge in [0, 0.05) is 7.05 Å². The predicted octanol–water partition coefficient (Wildman–Crippen LogP) is 4.86. The molecule has 0 atom stereocenters. The molecule has 0 unspecified atom stereocenters. The van der Waals surface area contributed by atoms with Gasteiger partial charge < -0.3 is 14.6 Å². The molecule has 2 aromatic carbocycles. The van der Waals surface area contributed by atoms with Crippen molar-refractivity contribution in [2.45, 2.75) is 31.5 Å². The van der Waals surface area contributed by atoms with Gasteiger partial charge in [-0.3, -0.25) is 4.79 Å². The summed E-state index contributed by atoms with van der Waals surface area (Å²) in [6.45, 7) is 4.63. The zero-order valence-corrected chi connectivity index (χ0v) is 19.2. The normalized spacial score (nSPS) is 11.2. The first kappa shape index (κ1) is 21.3. The monoisotopic (exact) mass is 453 g/mol. The molecule has 0 saturated carbocycles. The number of ether oxygens (including phenoxy) is 1. The number of carbonyl (C=O) groups is 1. The Labute approximate surface area is 188 Å². The Morgan fingerprint density at radius 3 is 2.68 bits per heavy atom. The van der Waals surface area contributed by atoms with E-state index in [-0.39, 0.29) is 11.7 Å². The van der Waals surface area contributed by atoms with Gasteiger partial charge in [0.2, 0.25) is 5.91 Å². The number of para-hydroxylation sites is 1. The van der Waals surface area contributed by atoms with Crippen molar-refractivity contribution in [3.63, 3.8) is 0 Å². The molecule has 31 heavy (non-hydrogen) atoms. The molecule has 1 N–H and O–H groups in total. The van der Waals surface area contributed by atoms with E-state index in [4.69, 9.17) is 4.74 Å². The summed E-state index contributed by atoms with van der Waals surface area (Å²) in [6.07, 6.45) is 0. The largest absolute Gasteiger partial charge is 0.486 e. The van der Waals surface area contributed by atoms with Crippen LogP contribution in [0.25, 0.3) is 10.2 Å². The Kier molecular flexibility index (Phi) is 6.53. The molecule has 0 saturated heterocycles. The third-order valence-electron chi connectivity index (χ3n) is 4.71. The summed E-state index contributed by atoms with van der Waals surface area (Å²) >= 11 is 2.79. The third-order valence-corrected chi connectivity index (χ3v) is 6.68. The lowest BCUT2D eigenvalue weighted by Gasteiger charge is -2.09. The Hall–Kier alpha value is -2.91. The lowest BCUT2D eigenvalue weighted by molar-refractivity contribution is -0.113. The molecule has 2 aromatic heterocycles. The van der Waals surface area contributed by atoms with E-state index in [1.54, 1.807) is 0 Å². The van der Waals surface area contributed by atoms with E-state index in [9.17, 15) is 4.79 Å². The highest BCUT2D eigenvalue weighted by molar-refractivity contribution is 7.99. The Morgan fingerprint density at radius 2 is 1.94 bits per heavy atom. The number of thiazole rings is 1. The molecule has 4 aromatic rings. The molecular weight excluding hydrogens is 430 g/mol. The number of nitrogens with zero attached hydrogens (tertiary/aromatic N) is 4. The number of fused-ring (bicyclic) bond motifs is 1. The lowest BCUT2D eigenvalue weighted by atomic mass is 10.0.